The van der Waals surface area contributed by atoms with Crippen molar-refractivity contribution in [3.05, 3.63) is 70.0 Å². The fraction of sp³-hybridized carbons (Fsp3) is 0.125. The summed E-state index contributed by atoms with van der Waals surface area (Å²) in [7, 11) is 0. The van der Waals surface area contributed by atoms with E-state index in [-0.39, 0.29) is 0 Å². The quantitative estimate of drug-likeness (QED) is 0.605. The van der Waals surface area contributed by atoms with Crippen molar-refractivity contribution >= 4 is 27.5 Å². The van der Waals surface area contributed by atoms with Crippen molar-refractivity contribution < 1.29 is 4.42 Å². The Morgan fingerprint density at radius 3 is 2.57 bits per heavy atom. The molecule has 1 atom stereocenters. The van der Waals surface area contributed by atoms with Crippen LogP contribution in [0.3, 0.4) is 0 Å². The third kappa shape index (κ3) is 3.01. The molecule has 0 N–H and O–H groups in total. The third-order valence-corrected chi connectivity index (χ3v) is 4.20. The maximum Gasteiger partial charge on any atom is 0.248 e. The number of hydrogen-bond donors (Lipinski definition) is 0. The fourth-order valence-electron chi connectivity index (χ4n) is 2.00. The van der Waals surface area contributed by atoms with Gasteiger partial charge in [0.05, 0.1) is 5.56 Å². The predicted octanol–water partition coefficient (Wildman–Crippen LogP) is 5.14. The minimum absolute atomic E-state index is 0.394. The molecule has 3 nitrogen and oxygen atoms in total. The zero-order valence-corrected chi connectivity index (χ0v) is 13.6. The average Bonchev–Trinajstić information content (AvgIpc) is 2.97. The lowest BCUT2D eigenvalue weighted by atomic mass is 10.1. The summed E-state index contributed by atoms with van der Waals surface area (Å²) in [6, 6.07) is 15.6. The van der Waals surface area contributed by atoms with E-state index in [1.54, 1.807) is 0 Å². The van der Waals surface area contributed by atoms with E-state index < -0.39 is 5.38 Å². The van der Waals surface area contributed by atoms with Crippen LogP contribution in [0.25, 0.3) is 11.5 Å². The van der Waals surface area contributed by atoms with Crippen molar-refractivity contribution in [2.75, 3.05) is 0 Å². The first-order valence-corrected chi connectivity index (χ1v) is 7.67. The molecule has 0 aliphatic carbocycles. The molecule has 0 bridgehead atoms. The second-order valence-electron chi connectivity index (χ2n) is 4.70. The SMILES string of the molecule is Cc1ccc(-c2nnc(C(Cl)c3ccccc3)o2)c(Br)c1. The highest BCUT2D eigenvalue weighted by molar-refractivity contribution is 9.10. The Labute approximate surface area is 136 Å². The molecule has 0 fully saturated rings. The molecular formula is C16H12BrClN2O. The number of nitrogens with zero attached hydrogens (tertiary/aromatic N) is 2. The van der Waals surface area contributed by atoms with Crippen LogP contribution in [-0.4, -0.2) is 10.2 Å². The molecule has 0 aliphatic rings. The van der Waals surface area contributed by atoms with Crippen LogP contribution < -0.4 is 0 Å². The van der Waals surface area contributed by atoms with Gasteiger partial charge in [-0.25, -0.2) is 0 Å². The molecule has 2 aromatic carbocycles. The van der Waals surface area contributed by atoms with E-state index in [0.29, 0.717) is 11.8 Å². The number of aryl methyl sites for hydroxylation is 1. The molecule has 106 valence electrons. The van der Waals surface area contributed by atoms with Gasteiger partial charge in [0.1, 0.15) is 5.38 Å². The van der Waals surface area contributed by atoms with Gasteiger partial charge in [-0.15, -0.1) is 21.8 Å². The molecule has 1 heterocycles. The number of benzene rings is 2. The van der Waals surface area contributed by atoms with Crippen LogP contribution in [0.5, 0.6) is 0 Å². The highest BCUT2D eigenvalue weighted by Crippen LogP contribution is 2.32. The molecule has 0 spiro atoms. The Morgan fingerprint density at radius 1 is 1.10 bits per heavy atom. The summed E-state index contributed by atoms with van der Waals surface area (Å²) in [6.07, 6.45) is 0. The summed E-state index contributed by atoms with van der Waals surface area (Å²) in [5.41, 5.74) is 2.94. The van der Waals surface area contributed by atoms with Crippen LogP contribution >= 0.6 is 27.5 Å². The largest absolute Gasteiger partial charge is 0.419 e. The molecule has 1 unspecified atom stereocenters. The van der Waals surface area contributed by atoms with Gasteiger partial charge < -0.3 is 4.42 Å². The molecule has 21 heavy (non-hydrogen) atoms. The summed E-state index contributed by atoms with van der Waals surface area (Å²) in [6.45, 7) is 2.03. The average molecular weight is 364 g/mol. The monoisotopic (exact) mass is 362 g/mol. The fourth-order valence-corrected chi connectivity index (χ4v) is 2.90. The Hall–Kier alpha value is -1.65. The molecule has 3 aromatic rings. The first-order valence-electron chi connectivity index (χ1n) is 6.44. The Morgan fingerprint density at radius 2 is 1.86 bits per heavy atom. The highest BCUT2D eigenvalue weighted by atomic mass is 79.9. The summed E-state index contributed by atoms with van der Waals surface area (Å²) in [4.78, 5) is 0. The summed E-state index contributed by atoms with van der Waals surface area (Å²) >= 11 is 9.90. The van der Waals surface area contributed by atoms with Crippen molar-refractivity contribution in [2.45, 2.75) is 12.3 Å². The van der Waals surface area contributed by atoms with E-state index in [2.05, 4.69) is 26.1 Å². The first kappa shape index (κ1) is 14.3. The lowest BCUT2D eigenvalue weighted by Crippen LogP contribution is -1.92. The highest BCUT2D eigenvalue weighted by Gasteiger charge is 2.19. The van der Waals surface area contributed by atoms with E-state index in [1.165, 1.54) is 0 Å². The lowest BCUT2D eigenvalue weighted by molar-refractivity contribution is 0.513. The van der Waals surface area contributed by atoms with Crippen LogP contribution in [0.15, 0.2) is 57.4 Å². The summed E-state index contributed by atoms with van der Waals surface area (Å²) < 4.78 is 6.64. The summed E-state index contributed by atoms with van der Waals surface area (Å²) in [5, 5.41) is 7.71. The standard InChI is InChI=1S/C16H12BrClN2O/c1-10-7-8-12(13(17)9-10)15-19-20-16(21-15)14(18)11-5-3-2-4-6-11/h2-9,14H,1H3. The molecule has 3 rings (SSSR count). The van der Waals surface area contributed by atoms with Crippen LogP contribution in [0.4, 0.5) is 0 Å². The number of hydrogen-bond acceptors (Lipinski definition) is 3. The molecular weight excluding hydrogens is 352 g/mol. The van der Waals surface area contributed by atoms with Gasteiger partial charge in [0, 0.05) is 4.47 Å². The smallest absolute Gasteiger partial charge is 0.248 e. The molecule has 0 radical (unpaired) electrons. The minimum atomic E-state index is -0.448. The van der Waals surface area contributed by atoms with Crippen LogP contribution in [-0.2, 0) is 0 Å². The van der Waals surface area contributed by atoms with Gasteiger partial charge in [0.25, 0.3) is 0 Å². The van der Waals surface area contributed by atoms with Gasteiger partial charge in [-0.05, 0) is 46.1 Å². The Kier molecular flexibility index (Phi) is 4.08. The molecule has 0 amide bonds. The number of halogens is 2. The van der Waals surface area contributed by atoms with E-state index in [1.807, 2.05) is 55.5 Å². The number of alkyl halides is 1. The molecule has 0 saturated carbocycles. The molecule has 5 heteroatoms. The number of aromatic nitrogens is 2. The molecule has 0 aliphatic heterocycles. The number of rotatable bonds is 3. The second kappa shape index (κ2) is 6.00. The van der Waals surface area contributed by atoms with Gasteiger partial charge in [-0.1, -0.05) is 36.4 Å². The van der Waals surface area contributed by atoms with Gasteiger partial charge in [0.15, 0.2) is 0 Å². The topological polar surface area (TPSA) is 38.9 Å². The van der Waals surface area contributed by atoms with Crippen LogP contribution in [0.1, 0.15) is 22.4 Å². The van der Waals surface area contributed by atoms with Gasteiger partial charge in [-0.2, -0.15) is 0 Å². The van der Waals surface area contributed by atoms with Crippen LogP contribution in [0.2, 0.25) is 0 Å². The van der Waals surface area contributed by atoms with Crippen molar-refractivity contribution in [3.63, 3.8) is 0 Å². The minimum Gasteiger partial charge on any atom is -0.419 e. The molecule has 0 saturated heterocycles. The zero-order valence-electron chi connectivity index (χ0n) is 11.3. The van der Waals surface area contributed by atoms with Gasteiger partial charge >= 0.3 is 0 Å². The van der Waals surface area contributed by atoms with Crippen molar-refractivity contribution in [3.8, 4) is 11.5 Å². The lowest BCUT2D eigenvalue weighted by Gasteiger charge is -2.04. The third-order valence-electron chi connectivity index (χ3n) is 3.10. The van der Waals surface area contributed by atoms with Crippen molar-refractivity contribution in [1.29, 1.82) is 0 Å². The van der Waals surface area contributed by atoms with E-state index >= 15 is 0 Å². The van der Waals surface area contributed by atoms with E-state index in [9.17, 15) is 0 Å². The van der Waals surface area contributed by atoms with Crippen LogP contribution in [0, 0.1) is 6.92 Å². The normalized spacial score (nSPS) is 12.3. The predicted molar refractivity (Wildman–Crippen MR) is 86.3 cm³/mol. The van der Waals surface area contributed by atoms with Gasteiger partial charge in [0.2, 0.25) is 11.8 Å². The van der Waals surface area contributed by atoms with Gasteiger partial charge in [-0.3, -0.25) is 0 Å². The van der Waals surface area contributed by atoms with E-state index in [0.717, 1.165) is 21.2 Å². The van der Waals surface area contributed by atoms with Crippen molar-refractivity contribution in [1.82, 2.24) is 10.2 Å². The summed E-state index contributed by atoms with van der Waals surface area (Å²) in [5.74, 6) is 0.851. The zero-order chi connectivity index (χ0) is 14.8. The maximum absolute atomic E-state index is 6.39. The Balaban J connectivity index is 1.93. The van der Waals surface area contributed by atoms with Crippen molar-refractivity contribution in [2.24, 2.45) is 0 Å². The Bertz CT molecular complexity index is 758. The maximum atomic E-state index is 6.39. The second-order valence-corrected chi connectivity index (χ2v) is 5.99. The molecule has 1 aromatic heterocycles. The van der Waals surface area contributed by atoms with E-state index in [4.69, 9.17) is 16.0 Å². The first-order chi connectivity index (χ1) is 10.1.